The number of rotatable bonds is 2. The fraction of sp³-hybridized carbons (Fsp3) is 0.529. The molecule has 1 saturated carbocycles. The van der Waals surface area contributed by atoms with Crippen molar-refractivity contribution in [1.29, 1.82) is 0 Å². The molecule has 24 heavy (non-hydrogen) atoms. The summed E-state index contributed by atoms with van der Waals surface area (Å²) in [5.74, 6) is 0.206. The summed E-state index contributed by atoms with van der Waals surface area (Å²) in [4.78, 5) is 25.6. The first-order chi connectivity index (χ1) is 11.3. The van der Waals surface area contributed by atoms with Crippen molar-refractivity contribution in [2.45, 2.75) is 31.5 Å². The summed E-state index contributed by atoms with van der Waals surface area (Å²) < 4.78 is 38.4. The summed E-state index contributed by atoms with van der Waals surface area (Å²) in [6, 6.07) is 4.46. The fourth-order valence-electron chi connectivity index (χ4n) is 3.75. The number of hydrogen-bond acceptors (Lipinski definition) is 2. The van der Waals surface area contributed by atoms with Crippen LogP contribution in [0.25, 0.3) is 0 Å². The van der Waals surface area contributed by atoms with Crippen molar-refractivity contribution >= 4 is 11.8 Å². The van der Waals surface area contributed by atoms with Gasteiger partial charge >= 0.3 is 6.18 Å². The molecule has 2 fully saturated rings. The minimum Gasteiger partial charge on any atom is -0.356 e. The van der Waals surface area contributed by atoms with Crippen LogP contribution in [0.15, 0.2) is 24.3 Å². The molecule has 0 radical (unpaired) electrons. The summed E-state index contributed by atoms with van der Waals surface area (Å²) in [5.41, 5.74) is -0.784. The van der Waals surface area contributed by atoms with Crippen molar-refractivity contribution < 1.29 is 22.8 Å². The molecule has 7 heteroatoms. The lowest BCUT2D eigenvalue weighted by Crippen LogP contribution is -2.38. The normalized spacial score (nSPS) is 26.7. The number of nitrogens with one attached hydrogen (secondary N) is 1. The van der Waals surface area contributed by atoms with E-state index in [4.69, 9.17) is 0 Å². The first-order valence-corrected chi connectivity index (χ1v) is 7.97. The lowest BCUT2D eigenvalue weighted by atomic mass is 9.89. The maximum Gasteiger partial charge on any atom is 0.416 e. The lowest BCUT2D eigenvalue weighted by molar-refractivity contribution is -0.137. The van der Waals surface area contributed by atoms with Gasteiger partial charge in [0.2, 0.25) is 5.91 Å². The molecule has 3 rings (SSSR count). The number of fused-ring (bicyclic) bond motifs is 1. The monoisotopic (exact) mass is 340 g/mol. The van der Waals surface area contributed by atoms with Crippen LogP contribution in [0.4, 0.5) is 13.2 Å². The SMILES string of the molecule is CN(C(=O)c1cccc(C(F)(F)F)c1)[C@H]1C[C@H]2CNC(=O)C[C@H]2C1. The average Bonchev–Trinajstić information content (AvgIpc) is 2.95. The van der Waals surface area contributed by atoms with Crippen molar-refractivity contribution in [1.82, 2.24) is 10.2 Å². The molecule has 1 saturated heterocycles. The van der Waals surface area contributed by atoms with Crippen LogP contribution in [0.5, 0.6) is 0 Å². The zero-order valence-electron chi connectivity index (χ0n) is 13.3. The van der Waals surface area contributed by atoms with Crippen LogP contribution in [0, 0.1) is 11.8 Å². The molecule has 1 aromatic rings. The minimum absolute atomic E-state index is 0.0313. The van der Waals surface area contributed by atoms with E-state index < -0.39 is 17.6 Å². The van der Waals surface area contributed by atoms with E-state index in [2.05, 4.69) is 5.32 Å². The average molecular weight is 340 g/mol. The molecule has 3 atom stereocenters. The number of hydrogen-bond donors (Lipinski definition) is 1. The molecule has 0 unspecified atom stereocenters. The smallest absolute Gasteiger partial charge is 0.356 e. The van der Waals surface area contributed by atoms with Gasteiger partial charge in [-0.15, -0.1) is 0 Å². The molecule has 4 nitrogen and oxygen atoms in total. The van der Waals surface area contributed by atoms with Gasteiger partial charge in [-0.2, -0.15) is 13.2 Å². The van der Waals surface area contributed by atoms with Gasteiger partial charge in [0.1, 0.15) is 0 Å². The van der Waals surface area contributed by atoms with Gasteiger partial charge in [-0.3, -0.25) is 9.59 Å². The zero-order valence-corrected chi connectivity index (χ0v) is 13.3. The third kappa shape index (κ3) is 3.25. The van der Waals surface area contributed by atoms with Gasteiger partial charge in [-0.1, -0.05) is 6.07 Å². The first kappa shape index (κ1) is 16.8. The topological polar surface area (TPSA) is 49.4 Å². The Balaban J connectivity index is 1.73. The van der Waals surface area contributed by atoms with Crippen LogP contribution >= 0.6 is 0 Å². The molecule has 130 valence electrons. The van der Waals surface area contributed by atoms with E-state index in [1.54, 1.807) is 7.05 Å². The Morgan fingerprint density at radius 2 is 1.96 bits per heavy atom. The summed E-state index contributed by atoms with van der Waals surface area (Å²) in [5, 5.41) is 2.83. The molecule has 1 aliphatic heterocycles. The van der Waals surface area contributed by atoms with Gasteiger partial charge in [-0.25, -0.2) is 0 Å². The number of piperidine rings is 1. The highest BCUT2D eigenvalue weighted by atomic mass is 19.4. The van der Waals surface area contributed by atoms with E-state index in [-0.39, 0.29) is 23.4 Å². The Kier molecular flexibility index (Phi) is 4.27. The predicted octanol–water partition coefficient (Wildman–Crippen LogP) is 2.69. The first-order valence-electron chi connectivity index (χ1n) is 7.97. The Morgan fingerprint density at radius 3 is 2.67 bits per heavy atom. The van der Waals surface area contributed by atoms with Crippen molar-refractivity contribution in [2.75, 3.05) is 13.6 Å². The van der Waals surface area contributed by atoms with Crippen LogP contribution in [0.1, 0.15) is 35.2 Å². The minimum atomic E-state index is -4.47. The molecule has 1 N–H and O–H groups in total. The maximum atomic E-state index is 12.8. The zero-order chi connectivity index (χ0) is 17.5. The largest absolute Gasteiger partial charge is 0.416 e. The van der Waals surface area contributed by atoms with Crippen LogP contribution in [-0.4, -0.2) is 36.3 Å². The second kappa shape index (κ2) is 6.11. The van der Waals surface area contributed by atoms with E-state index >= 15 is 0 Å². The number of carbonyl (C=O) groups excluding carboxylic acids is 2. The predicted molar refractivity (Wildman–Crippen MR) is 81.2 cm³/mol. The van der Waals surface area contributed by atoms with Gasteiger partial charge in [0, 0.05) is 31.6 Å². The molecule has 1 aromatic carbocycles. The highest BCUT2D eigenvalue weighted by Crippen LogP contribution is 2.38. The van der Waals surface area contributed by atoms with Gasteiger partial charge in [0.25, 0.3) is 5.91 Å². The molecule has 0 aromatic heterocycles. The van der Waals surface area contributed by atoms with Crippen LogP contribution in [0.2, 0.25) is 0 Å². The quantitative estimate of drug-likeness (QED) is 0.900. The van der Waals surface area contributed by atoms with Crippen molar-refractivity contribution in [2.24, 2.45) is 11.8 Å². The van der Waals surface area contributed by atoms with Crippen molar-refractivity contribution in [3.8, 4) is 0 Å². The standard InChI is InChI=1S/C17H19F3N2O2/c1-22(14-6-11-8-15(23)21-9-12(11)7-14)16(24)10-3-2-4-13(5-10)17(18,19)20/h2-5,11-12,14H,6-9H2,1H3,(H,21,23)/t11-,12+,14-/m1/s1. The van der Waals surface area contributed by atoms with Gasteiger partial charge in [0.15, 0.2) is 0 Å². The van der Waals surface area contributed by atoms with E-state index in [1.807, 2.05) is 0 Å². The van der Waals surface area contributed by atoms with Crippen LogP contribution in [-0.2, 0) is 11.0 Å². The molecule has 2 aliphatic rings. The number of alkyl halides is 3. The summed E-state index contributed by atoms with van der Waals surface area (Å²) in [7, 11) is 1.62. The van der Waals surface area contributed by atoms with Gasteiger partial charge < -0.3 is 10.2 Å². The summed E-state index contributed by atoms with van der Waals surface area (Å²) in [6.07, 6.45) is -2.51. The van der Waals surface area contributed by atoms with E-state index in [0.717, 1.165) is 25.0 Å². The number of amides is 2. The van der Waals surface area contributed by atoms with Crippen LogP contribution < -0.4 is 5.32 Å². The summed E-state index contributed by atoms with van der Waals surface area (Å²) in [6.45, 7) is 0.617. The summed E-state index contributed by atoms with van der Waals surface area (Å²) >= 11 is 0. The van der Waals surface area contributed by atoms with Gasteiger partial charge in [0.05, 0.1) is 5.56 Å². The van der Waals surface area contributed by atoms with Crippen molar-refractivity contribution in [3.05, 3.63) is 35.4 Å². The van der Waals surface area contributed by atoms with Crippen molar-refractivity contribution in [3.63, 3.8) is 0 Å². The molecule has 0 spiro atoms. The van der Waals surface area contributed by atoms with E-state index in [0.29, 0.717) is 18.9 Å². The van der Waals surface area contributed by atoms with E-state index in [1.165, 1.54) is 17.0 Å². The van der Waals surface area contributed by atoms with Gasteiger partial charge in [-0.05, 0) is 42.9 Å². The highest BCUT2D eigenvalue weighted by Gasteiger charge is 2.41. The fourth-order valence-corrected chi connectivity index (χ4v) is 3.75. The highest BCUT2D eigenvalue weighted by molar-refractivity contribution is 5.94. The molecule has 0 bridgehead atoms. The molecule has 2 amide bonds. The number of benzene rings is 1. The number of nitrogens with zero attached hydrogens (tertiary/aromatic N) is 1. The Morgan fingerprint density at radius 1 is 1.25 bits per heavy atom. The number of carbonyl (C=O) groups is 2. The Hall–Kier alpha value is -2.05. The lowest BCUT2D eigenvalue weighted by Gasteiger charge is -2.25. The second-order valence-electron chi connectivity index (χ2n) is 6.65. The molecule has 1 aliphatic carbocycles. The van der Waals surface area contributed by atoms with Crippen LogP contribution in [0.3, 0.4) is 0 Å². The van der Waals surface area contributed by atoms with E-state index in [9.17, 15) is 22.8 Å². The molecule has 1 heterocycles. The second-order valence-corrected chi connectivity index (χ2v) is 6.65. The third-order valence-corrected chi connectivity index (χ3v) is 5.13. The molecular weight excluding hydrogens is 321 g/mol. The maximum absolute atomic E-state index is 12.8. The molecular formula is C17H19F3N2O2. The third-order valence-electron chi connectivity index (χ3n) is 5.13. The number of halogens is 3. The Labute approximate surface area is 138 Å². The Bertz CT molecular complexity index is 659.